The van der Waals surface area contributed by atoms with Crippen LogP contribution in [-0.4, -0.2) is 13.0 Å². The SMILES string of the molecule is COc1cc(Br)cc(C)c1NC(=O)c1ccc(N)cc1F. The Balaban J connectivity index is 2.36. The maximum Gasteiger partial charge on any atom is 0.258 e. The van der Waals surface area contributed by atoms with Gasteiger partial charge in [-0.1, -0.05) is 15.9 Å². The van der Waals surface area contributed by atoms with Gasteiger partial charge in [-0.15, -0.1) is 0 Å². The molecule has 3 N–H and O–H groups in total. The van der Waals surface area contributed by atoms with Crippen molar-refractivity contribution in [3.63, 3.8) is 0 Å². The van der Waals surface area contributed by atoms with Crippen molar-refractivity contribution < 1.29 is 13.9 Å². The molecule has 1 amide bonds. The normalized spacial score (nSPS) is 10.3. The second kappa shape index (κ2) is 6.13. The van der Waals surface area contributed by atoms with Crippen molar-refractivity contribution in [2.75, 3.05) is 18.2 Å². The molecule has 0 bridgehead atoms. The summed E-state index contributed by atoms with van der Waals surface area (Å²) in [6, 6.07) is 7.49. The average Bonchev–Trinajstić information content (AvgIpc) is 2.41. The summed E-state index contributed by atoms with van der Waals surface area (Å²) in [6.07, 6.45) is 0. The first-order valence-electron chi connectivity index (χ1n) is 6.13. The number of anilines is 2. The zero-order valence-electron chi connectivity index (χ0n) is 11.5. The fourth-order valence-corrected chi connectivity index (χ4v) is 2.48. The molecule has 0 aliphatic heterocycles. The van der Waals surface area contributed by atoms with Gasteiger partial charge in [-0.3, -0.25) is 4.79 Å². The minimum Gasteiger partial charge on any atom is -0.495 e. The lowest BCUT2D eigenvalue weighted by atomic mass is 10.1. The van der Waals surface area contributed by atoms with Crippen LogP contribution in [0.15, 0.2) is 34.8 Å². The molecule has 0 saturated heterocycles. The van der Waals surface area contributed by atoms with Gasteiger partial charge in [0.1, 0.15) is 11.6 Å². The fraction of sp³-hybridized carbons (Fsp3) is 0.133. The lowest BCUT2D eigenvalue weighted by molar-refractivity contribution is 0.102. The number of amides is 1. The molecule has 0 atom stereocenters. The van der Waals surface area contributed by atoms with Gasteiger partial charge in [-0.2, -0.15) is 0 Å². The van der Waals surface area contributed by atoms with Crippen LogP contribution in [0.3, 0.4) is 0 Å². The van der Waals surface area contributed by atoms with Gasteiger partial charge in [0, 0.05) is 10.2 Å². The van der Waals surface area contributed by atoms with Crippen LogP contribution in [0, 0.1) is 12.7 Å². The third-order valence-electron chi connectivity index (χ3n) is 2.96. The molecular weight excluding hydrogens is 339 g/mol. The first kappa shape index (κ1) is 15.3. The van der Waals surface area contributed by atoms with E-state index in [0.29, 0.717) is 11.4 Å². The number of carbonyl (C=O) groups excluding carboxylic acids is 1. The molecule has 2 aromatic rings. The number of nitrogens with two attached hydrogens (primary N) is 1. The molecule has 0 saturated carbocycles. The van der Waals surface area contributed by atoms with Crippen LogP contribution < -0.4 is 15.8 Å². The average molecular weight is 353 g/mol. The number of hydrogen-bond donors (Lipinski definition) is 2. The van der Waals surface area contributed by atoms with Crippen molar-refractivity contribution in [2.45, 2.75) is 6.92 Å². The first-order chi connectivity index (χ1) is 9.92. The number of nitrogens with one attached hydrogen (secondary N) is 1. The van der Waals surface area contributed by atoms with Gasteiger partial charge in [0.05, 0.1) is 18.4 Å². The molecule has 4 nitrogen and oxygen atoms in total. The van der Waals surface area contributed by atoms with Gasteiger partial charge in [-0.05, 0) is 42.8 Å². The van der Waals surface area contributed by atoms with Crippen molar-refractivity contribution in [1.82, 2.24) is 0 Å². The summed E-state index contributed by atoms with van der Waals surface area (Å²) in [6.45, 7) is 1.82. The molecule has 0 heterocycles. The number of nitrogen functional groups attached to an aromatic ring is 1. The zero-order chi connectivity index (χ0) is 15.6. The van der Waals surface area contributed by atoms with E-state index in [1.807, 2.05) is 13.0 Å². The van der Waals surface area contributed by atoms with Crippen LogP contribution in [0.1, 0.15) is 15.9 Å². The van der Waals surface area contributed by atoms with E-state index >= 15 is 0 Å². The molecule has 0 aliphatic rings. The van der Waals surface area contributed by atoms with Crippen LogP contribution in [-0.2, 0) is 0 Å². The second-order valence-corrected chi connectivity index (χ2v) is 5.41. The Morgan fingerprint density at radius 2 is 2.05 bits per heavy atom. The highest BCUT2D eigenvalue weighted by atomic mass is 79.9. The largest absolute Gasteiger partial charge is 0.495 e. The molecule has 0 aliphatic carbocycles. The van der Waals surface area contributed by atoms with E-state index in [0.717, 1.165) is 16.1 Å². The molecule has 2 rings (SSSR count). The summed E-state index contributed by atoms with van der Waals surface area (Å²) in [5.74, 6) is -0.733. The topological polar surface area (TPSA) is 64.3 Å². The number of methoxy groups -OCH3 is 1. The Morgan fingerprint density at radius 1 is 1.33 bits per heavy atom. The molecule has 6 heteroatoms. The number of carbonyl (C=O) groups is 1. The number of aryl methyl sites for hydroxylation is 1. The Morgan fingerprint density at radius 3 is 2.67 bits per heavy atom. The van der Waals surface area contributed by atoms with Gasteiger partial charge in [0.15, 0.2) is 0 Å². The molecule has 0 fully saturated rings. The highest BCUT2D eigenvalue weighted by molar-refractivity contribution is 9.10. The number of halogens is 2. The van der Waals surface area contributed by atoms with E-state index in [1.54, 1.807) is 6.07 Å². The summed E-state index contributed by atoms with van der Waals surface area (Å²) >= 11 is 3.35. The maximum atomic E-state index is 13.8. The van der Waals surface area contributed by atoms with Crippen molar-refractivity contribution >= 4 is 33.2 Å². The van der Waals surface area contributed by atoms with Gasteiger partial charge >= 0.3 is 0 Å². The van der Waals surface area contributed by atoms with Crippen LogP contribution in [0.2, 0.25) is 0 Å². The smallest absolute Gasteiger partial charge is 0.258 e. The summed E-state index contributed by atoms with van der Waals surface area (Å²) in [4.78, 5) is 12.2. The van der Waals surface area contributed by atoms with Gasteiger partial charge in [0.25, 0.3) is 5.91 Å². The standard InChI is InChI=1S/C15H14BrFN2O2/c1-8-5-9(16)6-13(21-2)14(8)19-15(20)11-4-3-10(18)7-12(11)17/h3-7H,18H2,1-2H3,(H,19,20). The number of hydrogen-bond acceptors (Lipinski definition) is 3. The second-order valence-electron chi connectivity index (χ2n) is 4.49. The van der Waals surface area contributed by atoms with E-state index in [4.69, 9.17) is 10.5 Å². The zero-order valence-corrected chi connectivity index (χ0v) is 13.1. The van der Waals surface area contributed by atoms with E-state index in [2.05, 4.69) is 21.2 Å². The molecule has 2 aromatic carbocycles. The monoisotopic (exact) mass is 352 g/mol. The first-order valence-corrected chi connectivity index (χ1v) is 6.92. The Bertz CT molecular complexity index is 704. The molecule has 21 heavy (non-hydrogen) atoms. The van der Waals surface area contributed by atoms with Crippen LogP contribution in [0.5, 0.6) is 5.75 Å². The van der Waals surface area contributed by atoms with Crippen molar-refractivity contribution in [1.29, 1.82) is 0 Å². The summed E-state index contributed by atoms with van der Waals surface area (Å²) in [7, 11) is 1.50. The van der Waals surface area contributed by atoms with Gasteiger partial charge < -0.3 is 15.8 Å². The third-order valence-corrected chi connectivity index (χ3v) is 3.42. The van der Waals surface area contributed by atoms with E-state index < -0.39 is 11.7 Å². The lowest BCUT2D eigenvalue weighted by Crippen LogP contribution is -2.15. The van der Waals surface area contributed by atoms with Crippen molar-refractivity contribution in [3.8, 4) is 5.75 Å². The summed E-state index contributed by atoms with van der Waals surface area (Å²) in [5.41, 5.74) is 6.96. The Labute approximate surface area is 130 Å². The van der Waals surface area contributed by atoms with Crippen LogP contribution in [0.4, 0.5) is 15.8 Å². The summed E-state index contributed by atoms with van der Waals surface area (Å²) < 4.78 is 19.8. The highest BCUT2D eigenvalue weighted by Crippen LogP contribution is 2.32. The molecule has 0 radical (unpaired) electrons. The lowest BCUT2D eigenvalue weighted by Gasteiger charge is -2.14. The predicted octanol–water partition coefficient (Wildman–Crippen LogP) is 3.74. The third kappa shape index (κ3) is 3.33. The molecule has 110 valence electrons. The van der Waals surface area contributed by atoms with Crippen molar-refractivity contribution in [3.05, 3.63) is 51.7 Å². The minimum atomic E-state index is -0.666. The Kier molecular flexibility index (Phi) is 4.47. The minimum absolute atomic E-state index is 0.0754. The van der Waals surface area contributed by atoms with Gasteiger partial charge in [0.2, 0.25) is 0 Å². The number of rotatable bonds is 3. The number of benzene rings is 2. The fourth-order valence-electron chi connectivity index (χ4n) is 1.93. The van der Waals surface area contributed by atoms with E-state index in [-0.39, 0.29) is 11.3 Å². The molecular formula is C15H14BrFN2O2. The highest BCUT2D eigenvalue weighted by Gasteiger charge is 2.16. The molecule has 0 spiro atoms. The van der Waals surface area contributed by atoms with E-state index in [9.17, 15) is 9.18 Å². The van der Waals surface area contributed by atoms with E-state index in [1.165, 1.54) is 19.2 Å². The maximum absolute atomic E-state index is 13.8. The summed E-state index contributed by atoms with van der Waals surface area (Å²) in [5, 5.41) is 2.67. The molecule has 0 unspecified atom stereocenters. The predicted molar refractivity (Wildman–Crippen MR) is 84.2 cm³/mol. The van der Waals surface area contributed by atoms with Crippen LogP contribution >= 0.6 is 15.9 Å². The van der Waals surface area contributed by atoms with Gasteiger partial charge in [-0.25, -0.2) is 4.39 Å². The van der Waals surface area contributed by atoms with Crippen LogP contribution in [0.25, 0.3) is 0 Å². The van der Waals surface area contributed by atoms with Crippen molar-refractivity contribution in [2.24, 2.45) is 0 Å². The molecule has 0 aromatic heterocycles. The number of ether oxygens (including phenoxy) is 1. The Hall–Kier alpha value is -2.08. The quantitative estimate of drug-likeness (QED) is 0.827.